The molecule has 0 aliphatic carbocycles. The van der Waals surface area contributed by atoms with Crippen LogP contribution in [0.5, 0.6) is 0 Å². The maximum atomic E-state index is 12.7. The lowest BCUT2D eigenvalue weighted by Crippen LogP contribution is -2.20. The van der Waals surface area contributed by atoms with E-state index >= 15 is 0 Å². The van der Waals surface area contributed by atoms with Crippen LogP contribution in [0.3, 0.4) is 0 Å². The number of fused-ring (bicyclic) bond motifs is 1. The van der Waals surface area contributed by atoms with Gasteiger partial charge in [0, 0.05) is 0 Å². The number of aromatic nitrogens is 3. The molecule has 0 N–H and O–H groups in total. The van der Waals surface area contributed by atoms with E-state index in [0.29, 0.717) is 5.52 Å². The maximum Gasteiger partial charge on any atom is 0.397 e. The summed E-state index contributed by atoms with van der Waals surface area (Å²) < 4.78 is 39.2. The molecule has 0 saturated carbocycles. The van der Waals surface area contributed by atoms with Crippen molar-refractivity contribution in [1.29, 1.82) is 5.26 Å². The SMILES string of the molecule is C[C@@H](c1c(C#N)cc2cncnn12)C(F)(F)F. The van der Waals surface area contributed by atoms with Crippen molar-refractivity contribution < 1.29 is 13.2 Å². The van der Waals surface area contributed by atoms with Gasteiger partial charge in [-0.25, -0.2) is 9.50 Å². The molecule has 4 nitrogen and oxygen atoms in total. The molecule has 2 rings (SSSR count). The minimum atomic E-state index is -4.41. The van der Waals surface area contributed by atoms with Crippen LogP contribution < -0.4 is 0 Å². The maximum absolute atomic E-state index is 12.7. The third kappa shape index (κ3) is 1.82. The van der Waals surface area contributed by atoms with Crippen molar-refractivity contribution in [2.24, 2.45) is 0 Å². The molecule has 0 aromatic carbocycles. The predicted molar refractivity (Wildman–Crippen MR) is 52.2 cm³/mol. The molecular weight excluding hydrogens is 233 g/mol. The molecule has 0 fully saturated rings. The summed E-state index contributed by atoms with van der Waals surface area (Å²) in [7, 11) is 0. The van der Waals surface area contributed by atoms with Gasteiger partial charge in [-0.05, 0) is 13.0 Å². The Balaban J connectivity index is 2.71. The monoisotopic (exact) mass is 240 g/mol. The van der Waals surface area contributed by atoms with Crippen LogP contribution in [0.25, 0.3) is 5.52 Å². The smallest absolute Gasteiger partial charge is 0.241 e. The zero-order chi connectivity index (χ0) is 12.6. The number of hydrogen-bond donors (Lipinski definition) is 0. The minimum absolute atomic E-state index is 0.0321. The lowest BCUT2D eigenvalue weighted by atomic mass is 10.0. The normalized spacial score (nSPS) is 13.6. The number of alkyl halides is 3. The van der Waals surface area contributed by atoms with Crippen LogP contribution in [0.15, 0.2) is 18.6 Å². The van der Waals surface area contributed by atoms with Gasteiger partial charge in [-0.15, -0.1) is 0 Å². The predicted octanol–water partition coefficient (Wildman–Crippen LogP) is 2.27. The fourth-order valence-electron chi connectivity index (χ4n) is 1.61. The number of rotatable bonds is 1. The first-order valence-corrected chi connectivity index (χ1v) is 4.73. The van der Waals surface area contributed by atoms with Gasteiger partial charge in [0.05, 0.1) is 28.9 Å². The molecule has 1 atom stereocenters. The van der Waals surface area contributed by atoms with Gasteiger partial charge in [-0.2, -0.15) is 23.5 Å². The highest BCUT2D eigenvalue weighted by atomic mass is 19.4. The fraction of sp³-hybridized carbons (Fsp3) is 0.300. The fourth-order valence-corrected chi connectivity index (χ4v) is 1.61. The number of nitriles is 1. The first-order chi connectivity index (χ1) is 7.95. The number of halogens is 3. The lowest BCUT2D eigenvalue weighted by Gasteiger charge is -2.15. The van der Waals surface area contributed by atoms with Crippen molar-refractivity contribution in [2.75, 3.05) is 0 Å². The topological polar surface area (TPSA) is 54.0 Å². The average Bonchev–Trinajstić information content (AvgIpc) is 2.64. The van der Waals surface area contributed by atoms with Gasteiger partial charge in [-0.3, -0.25) is 0 Å². The van der Waals surface area contributed by atoms with Gasteiger partial charge in [0.25, 0.3) is 0 Å². The Bertz CT molecular complexity index is 594. The van der Waals surface area contributed by atoms with Crippen molar-refractivity contribution in [2.45, 2.75) is 19.0 Å². The quantitative estimate of drug-likeness (QED) is 0.768. The molecule has 0 radical (unpaired) electrons. The summed E-state index contributed by atoms with van der Waals surface area (Å²) in [4.78, 5) is 3.70. The van der Waals surface area contributed by atoms with Crippen molar-refractivity contribution in [3.63, 3.8) is 0 Å². The lowest BCUT2D eigenvalue weighted by molar-refractivity contribution is -0.147. The molecule has 0 saturated heterocycles. The Labute approximate surface area is 94.3 Å². The van der Waals surface area contributed by atoms with E-state index in [1.807, 2.05) is 0 Å². The highest BCUT2D eigenvalue weighted by molar-refractivity contribution is 5.55. The van der Waals surface area contributed by atoms with E-state index in [2.05, 4.69) is 10.1 Å². The molecule has 0 spiro atoms. The van der Waals surface area contributed by atoms with Crippen molar-refractivity contribution in [1.82, 2.24) is 14.6 Å². The Morgan fingerprint density at radius 2 is 2.18 bits per heavy atom. The van der Waals surface area contributed by atoms with Gasteiger partial charge in [0.2, 0.25) is 0 Å². The molecule has 17 heavy (non-hydrogen) atoms. The van der Waals surface area contributed by atoms with E-state index in [0.717, 1.165) is 17.8 Å². The molecule has 2 heterocycles. The van der Waals surface area contributed by atoms with Crippen LogP contribution >= 0.6 is 0 Å². The van der Waals surface area contributed by atoms with Gasteiger partial charge >= 0.3 is 6.18 Å². The number of hydrogen-bond acceptors (Lipinski definition) is 3. The molecule has 0 aliphatic heterocycles. The van der Waals surface area contributed by atoms with Crippen LogP contribution in [0, 0.1) is 11.3 Å². The van der Waals surface area contributed by atoms with Gasteiger partial charge < -0.3 is 0 Å². The largest absolute Gasteiger partial charge is 0.397 e. The molecule has 2 aromatic heterocycles. The first kappa shape index (κ1) is 11.4. The minimum Gasteiger partial charge on any atom is -0.241 e. The van der Waals surface area contributed by atoms with E-state index in [1.165, 1.54) is 12.3 Å². The molecule has 7 heteroatoms. The van der Waals surface area contributed by atoms with Crippen LogP contribution in [-0.4, -0.2) is 20.8 Å². The summed E-state index contributed by atoms with van der Waals surface area (Å²) in [6.07, 6.45) is -1.91. The van der Waals surface area contributed by atoms with Crippen molar-refractivity contribution >= 4 is 5.52 Å². The Kier molecular flexibility index (Phi) is 2.50. The standard InChI is InChI=1S/C10H7F3N4/c1-6(10(11,12)13)9-7(3-14)2-8-4-15-5-16-17(8)9/h2,4-6H,1H3/t6-/m0/s1. The molecule has 0 bridgehead atoms. The van der Waals surface area contributed by atoms with Crippen LogP contribution in [0.2, 0.25) is 0 Å². The zero-order valence-electron chi connectivity index (χ0n) is 8.73. The Morgan fingerprint density at radius 3 is 2.76 bits per heavy atom. The van der Waals surface area contributed by atoms with E-state index < -0.39 is 12.1 Å². The van der Waals surface area contributed by atoms with Crippen LogP contribution in [0.4, 0.5) is 13.2 Å². The van der Waals surface area contributed by atoms with Gasteiger partial charge in [-0.1, -0.05) is 0 Å². The second kappa shape index (κ2) is 3.73. The van der Waals surface area contributed by atoms with Gasteiger partial charge in [0.15, 0.2) is 0 Å². The van der Waals surface area contributed by atoms with Crippen LogP contribution in [-0.2, 0) is 0 Å². The Hall–Kier alpha value is -2.10. The first-order valence-electron chi connectivity index (χ1n) is 4.73. The van der Waals surface area contributed by atoms with E-state index in [1.54, 1.807) is 6.07 Å². The summed E-state index contributed by atoms with van der Waals surface area (Å²) in [5, 5.41) is 12.6. The molecule has 2 aromatic rings. The van der Waals surface area contributed by atoms with E-state index in [9.17, 15) is 13.2 Å². The summed E-state index contributed by atoms with van der Waals surface area (Å²) in [5.41, 5.74) is 0.183. The molecule has 88 valence electrons. The van der Waals surface area contributed by atoms with E-state index in [4.69, 9.17) is 5.26 Å². The molecule has 0 unspecified atom stereocenters. The summed E-state index contributed by atoms with van der Waals surface area (Å²) in [5.74, 6) is -1.76. The highest BCUT2D eigenvalue weighted by Crippen LogP contribution is 2.36. The van der Waals surface area contributed by atoms with Gasteiger partial charge in [0.1, 0.15) is 12.4 Å². The summed E-state index contributed by atoms with van der Waals surface area (Å²) in [6.45, 7) is 1.00. The molecule has 0 amide bonds. The van der Waals surface area contributed by atoms with Crippen molar-refractivity contribution in [3.8, 4) is 6.07 Å². The number of nitrogens with zero attached hydrogens (tertiary/aromatic N) is 4. The second-order valence-corrected chi connectivity index (χ2v) is 3.56. The summed E-state index contributed by atoms with van der Waals surface area (Å²) in [6, 6.07) is 3.09. The summed E-state index contributed by atoms with van der Waals surface area (Å²) >= 11 is 0. The van der Waals surface area contributed by atoms with E-state index in [-0.39, 0.29) is 11.3 Å². The van der Waals surface area contributed by atoms with Crippen molar-refractivity contribution in [3.05, 3.63) is 29.8 Å². The highest BCUT2D eigenvalue weighted by Gasteiger charge is 2.40. The average molecular weight is 240 g/mol. The second-order valence-electron chi connectivity index (χ2n) is 3.56. The third-order valence-electron chi connectivity index (χ3n) is 2.50. The molecular formula is C10H7F3N4. The Morgan fingerprint density at radius 1 is 1.47 bits per heavy atom. The van der Waals surface area contributed by atoms with Crippen LogP contribution in [0.1, 0.15) is 24.1 Å². The zero-order valence-corrected chi connectivity index (χ0v) is 8.73. The third-order valence-corrected chi connectivity index (χ3v) is 2.50. The molecule has 0 aliphatic rings.